The van der Waals surface area contributed by atoms with E-state index in [0.29, 0.717) is 18.6 Å². The number of carbonyl (C=O) groups is 2. The minimum Gasteiger partial charge on any atom is -0.430 e. The van der Waals surface area contributed by atoms with Crippen LogP contribution in [-0.4, -0.2) is 34.9 Å². The molecule has 0 spiro atoms. The van der Waals surface area contributed by atoms with E-state index in [1.807, 2.05) is 0 Å². The molecule has 2 aliphatic rings. The van der Waals surface area contributed by atoms with Crippen molar-refractivity contribution in [3.8, 4) is 0 Å². The highest BCUT2D eigenvalue weighted by molar-refractivity contribution is 5.88. The lowest BCUT2D eigenvalue weighted by Gasteiger charge is -2.28. The number of amides is 1. The molecule has 5 heteroatoms. The van der Waals surface area contributed by atoms with Gasteiger partial charge >= 0.3 is 5.97 Å². The van der Waals surface area contributed by atoms with E-state index in [9.17, 15) is 9.59 Å². The Morgan fingerprint density at radius 2 is 2.11 bits per heavy atom. The lowest BCUT2D eigenvalue weighted by Crippen LogP contribution is -2.50. The Labute approximate surface area is 107 Å². The van der Waals surface area contributed by atoms with Crippen molar-refractivity contribution in [1.82, 2.24) is 4.90 Å². The summed E-state index contributed by atoms with van der Waals surface area (Å²) in [4.78, 5) is 25.8. The van der Waals surface area contributed by atoms with Gasteiger partial charge in [0.05, 0.1) is 11.8 Å². The summed E-state index contributed by atoms with van der Waals surface area (Å²) in [6.07, 6.45) is 4.09. The van der Waals surface area contributed by atoms with E-state index in [0.717, 1.165) is 19.3 Å². The molecular formula is C13H20N2O3. The predicted molar refractivity (Wildman–Crippen MR) is 66.4 cm³/mol. The van der Waals surface area contributed by atoms with Crippen LogP contribution >= 0.6 is 0 Å². The van der Waals surface area contributed by atoms with Crippen LogP contribution in [0, 0.1) is 0 Å². The van der Waals surface area contributed by atoms with Crippen LogP contribution in [0.2, 0.25) is 0 Å². The largest absolute Gasteiger partial charge is 0.430 e. The zero-order chi connectivity index (χ0) is 13.3. The summed E-state index contributed by atoms with van der Waals surface area (Å²) in [6, 6.07) is -0.815. The van der Waals surface area contributed by atoms with Crippen LogP contribution in [0.1, 0.15) is 39.0 Å². The van der Waals surface area contributed by atoms with Crippen LogP contribution in [0.15, 0.2) is 12.3 Å². The van der Waals surface area contributed by atoms with Gasteiger partial charge in [-0.25, -0.2) is 4.79 Å². The van der Waals surface area contributed by atoms with Gasteiger partial charge in [0.2, 0.25) is 5.91 Å². The number of ether oxygens (including phenoxy) is 1. The average Bonchev–Trinajstić information content (AvgIpc) is 2.65. The number of hydrogen-bond donors (Lipinski definition) is 1. The van der Waals surface area contributed by atoms with E-state index in [4.69, 9.17) is 10.5 Å². The second-order valence-electron chi connectivity index (χ2n) is 5.15. The van der Waals surface area contributed by atoms with Crippen molar-refractivity contribution < 1.29 is 14.3 Å². The molecule has 0 aliphatic carbocycles. The SMILES string of the molecule is C=C(C)OC(=O)[C@@H]1CC[C@H]2CCC[C@H](N)C(=O)N21. The zero-order valence-corrected chi connectivity index (χ0v) is 10.7. The van der Waals surface area contributed by atoms with Crippen LogP contribution in [0.25, 0.3) is 0 Å². The first-order valence-electron chi connectivity index (χ1n) is 6.45. The van der Waals surface area contributed by atoms with Crippen LogP contribution < -0.4 is 5.73 Å². The first-order valence-corrected chi connectivity index (χ1v) is 6.45. The summed E-state index contributed by atoms with van der Waals surface area (Å²) in [5.41, 5.74) is 5.84. The molecule has 5 nitrogen and oxygen atoms in total. The molecule has 2 heterocycles. The van der Waals surface area contributed by atoms with Gasteiger partial charge in [0.25, 0.3) is 0 Å². The average molecular weight is 252 g/mol. The van der Waals surface area contributed by atoms with Crippen LogP contribution in [-0.2, 0) is 14.3 Å². The Kier molecular flexibility index (Phi) is 3.71. The van der Waals surface area contributed by atoms with Gasteiger partial charge in [-0.3, -0.25) is 4.79 Å². The van der Waals surface area contributed by atoms with Gasteiger partial charge in [-0.15, -0.1) is 0 Å². The van der Waals surface area contributed by atoms with Crippen molar-refractivity contribution in [1.29, 1.82) is 0 Å². The van der Waals surface area contributed by atoms with E-state index < -0.39 is 12.1 Å². The van der Waals surface area contributed by atoms with Gasteiger partial charge in [-0.05, 0) is 39.0 Å². The zero-order valence-electron chi connectivity index (χ0n) is 10.7. The van der Waals surface area contributed by atoms with E-state index in [2.05, 4.69) is 6.58 Å². The molecule has 2 fully saturated rings. The van der Waals surface area contributed by atoms with Crippen LogP contribution in [0.3, 0.4) is 0 Å². The molecule has 100 valence electrons. The van der Waals surface area contributed by atoms with Crippen molar-refractivity contribution in [3.05, 3.63) is 12.3 Å². The summed E-state index contributed by atoms with van der Waals surface area (Å²) in [6.45, 7) is 5.18. The second-order valence-corrected chi connectivity index (χ2v) is 5.15. The Balaban J connectivity index is 2.15. The molecule has 0 radical (unpaired) electrons. The summed E-state index contributed by atoms with van der Waals surface area (Å²) < 4.78 is 5.04. The smallest absolute Gasteiger partial charge is 0.333 e. The van der Waals surface area contributed by atoms with Gasteiger partial charge in [-0.1, -0.05) is 6.58 Å². The maximum atomic E-state index is 12.2. The summed E-state index contributed by atoms with van der Waals surface area (Å²) in [5, 5.41) is 0. The number of hydrogen-bond acceptors (Lipinski definition) is 4. The van der Waals surface area contributed by atoms with E-state index >= 15 is 0 Å². The molecule has 0 aromatic heterocycles. The summed E-state index contributed by atoms with van der Waals surface area (Å²) >= 11 is 0. The molecule has 0 bridgehead atoms. The molecule has 1 amide bonds. The first-order chi connectivity index (χ1) is 8.50. The molecule has 2 aliphatic heterocycles. The van der Waals surface area contributed by atoms with Crippen LogP contribution in [0.5, 0.6) is 0 Å². The third kappa shape index (κ3) is 2.41. The molecule has 2 N–H and O–H groups in total. The highest BCUT2D eigenvalue weighted by atomic mass is 16.5. The fraction of sp³-hybridized carbons (Fsp3) is 0.692. The molecular weight excluding hydrogens is 232 g/mol. The number of carbonyl (C=O) groups excluding carboxylic acids is 2. The number of esters is 1. The molecule has 0 saturated carbocycles. The molecule has 0 aromatic rings. The second kappa shape index (κ2) is 5.10. The van der Waals surface area contributed by atoms with Crippen molar-refractivity contribution >= 4 is 11.9 Å². The van der Waals surface area contributed by atoms with Gasteiger partial charge in [-0.2, -0.15) is 0 Å². The Morgan fingerprint density at radius 1 is 1.39 bits per heavy atom. The first kappa shape index (κ1) is 13.1. The molecule has 3 atom stereocenters. The van der Waals surface area contributed by atoms with Crippen molar-refractivity contribution in [3.63, 3.8) is 0 Å². The highest BCUT2D eigenvalue weighted by Gasteiger charge is 2.44. The number of rotatable bonds is 2. The number of allylic oxidation sites excluding steroid dienone is 1. The van der Waals surface area contributed by atoms with Gasteiger partial charge in [0.1, 0.15) is 6.04 Å². The van der Waals surface area contributed by atoms with E-state index in [1.54, 1.807) is 11.8 Å². The standard InChI is InChI=1S/C13H20N2O3/c1-8(2)18-13(17)11-7-6-9-4-3-5-10(14)12(16)15(9)11/h9-11H,1,3-7,14H2,2H3/t9-,10+,11+/m1/s1. The Hall–Kier alpha value is -1.36. The van der Waals surface area contributed by atoms with E-state index in [-0.39, 0.29) is 17.9 Å². The topological polar surface area (TPSA) is 72.6 Å². The normalized spacial score (nSPS) is 31.8. The third-order valence-electron chi connectivity index (χ3n) is 3.67. The van der Waals surface area contributed by atoms with Gasteiger partial charge < -0.3 is 15.4 Å². The highest BCUT2D eigenvalue weighted by Crippen LogP contribution is 2.32. The minimum absolute atomic E-state index is 0.112. The maximum Gasteiger partial charge on any atom is 0.333 e. The van der Waals surface area contributed by atoms with Gasteiger partial charge in [0, 0.05) is 6.04 Å². The molecule has 18 heavy (non-hydrogen) atoms. The molecule has 2 rings (SSSR count). The number of nitrogens with two attached hydrogens (primary N) is 1. The number of nitrogens with zero attached hydrogens (tertiary/aromatic N) is 1. The quantitative estimate of drug-likeness (QED) is 0.586. The fourth-order valence-corrected chi connectivity index (χ4v) is 2.86. The van der Waals surface area contributed by atoms with Crippen molar-refractivity contribution in [2.75, 3.05) is 0 Å². The monoisotopic (exact) mass is 252 g/mol. The Morgan fingerprint density at radius 3 is 2.78 bits per heavy atom. The minimum atomic E-state index is -0.483. The maximum absolute atomic E-state index is 12.2. The molecule has 0 unspecified atom stereocenters. The summed E-state index contributed by atoms with van der Waals surface area (Å²) in [5.74, 6) is -0.138. The lowest BCUT2D eigenvalue weighted by molar-refractivity contribution is -0.151. The fourth-order valence-electron chi connectivity index (χ4n) is 2.86. The van der Waals surface area contributed by atoms with E-state index in [1.165, 1.54) is 0 Å². The molecule has 2 saturated heterocycles. The molecule has 0 aromatic carbocycles. The summed E-state index contributed by atoms with van der Waals surface area (Å²) in [7, 11) is 0. The predicted octanol–water partition coefficient (Wildman–Crippen LogP) is 0.934. The van der Waals surface area contributed by atoms with Gasteiger partial charge in [0.15, 0.2) is 0 Å². The number of fused-ring (bicyclic) bond motifs is 1. The third-order valence-corrected chi connectivity index (χ3v) is 3.67. The Bertz CT molecular complexity index is 380. The van der Waals surface area contributed by atoms with Crippen LogP contribution in [0.4, 0.5) is 0 Å². The van der Waals surface area contributed by atoms with Crippen molar-refractivity contribution in [2.45, 2.75) is 57.2 Å². The van der Waals surface area contributed by atoms with Crippen molar-refractivity contribution in [2.24, 2.45) is 5.73 Å². The lowest BCUT2D eigenvalue weighted by atomic mass is 10.1.